The van der Waals surface area contributed by atoms with E-state index in [-0.39, 0.29) is 0 Å². The van der Waals surface area contributed by atoms with Crippen molar-refractivity contribution in [1.29, 1.82) is 0 Å². The molecule has 0 aliphatic carbocycles. The van der Waals surface area contributed by atoms with Crippen LogP contribution in [-0.4, -0.2) is 23.2 Å². The highest BCUT2D eigenvalue weighted by molar-refractivity contribution is 5.90. The van der Waals surface area contributed by atoms with E-state index in [0.29, 0.717) is 11.3 Å². The number of aliphatic carboxylic acids is 1. The molecule has 7 heteroatoms. The number of halogens is 3. The van der Waals surface area contributed by atoms with Gasteiger partial charge in [-0.15, -0.1) is 0 Å². The summed E-state index contributed by atoms with van der Waals surface area (Å²) >= 11 is 0. The second-order valence-electron chi connectivity index (χ2n) is 4.35. The summed E-state index contributed by atoms with van der Waals surface area (Å²) in [6.07, 6.45) is -6.18. The molecular formula is C13H14F3NO3. The maximum absolute atomic E-state index is 11.9. The first-order valence-electron chi connectivity index (χ1n) is 5.88. The predicted molar refractivity (Wildman–Crippen MR) is 66.4 cm³/mol. The van der Waals surface area contributed by atoms with Crippen LogP contribution in [0.3, 0.4) is 0 Å². The van der Waals surface area contributed by atoms with Gasteiger partial charge in [-0.1, -0.05) is 12.1 Å². The Balaban J connectivity index is 2.57. The van der Waals surface area contributed by atoms with Gasteiger partial charge in [0.25, 0.3) is 0 Å². The average molecular weight is 289 g/mol. The Morgan fingerprint density at radius 1 is 1.25 bits per heavy atom. The summed E-state index contributed by atoms with van der Waals surface area (Å²) in [6.45, 7) is 1.51. The van der Waals surface area contributed by atoms with Gasteiger partial charge in [-0.25, -0.2) is 0 Å². The first-order valence-corrected chi connectivity index (χ1v) is 5.88. The molecule has 110 valence electrons. The minimum absolute atomic E-state index is 0.332. The zero-order chi connectivity index (χ0) is 15.3. The van der Waals surface area contributed by atoms with Crippen molar-refractivity contribution in [1.82, 2.24) is 0 Å². The topological polar surface area (TPSA) is 66.4 Å². The lowest BCUT2D eigenvalue weighted by molar-refractivity contribution is -0.142. The van der Waals surface area contributed by atoms with Crippen LogP contribution in [0.2, 0.25) is 0 Å². The lowest BCUT2D eigenvalue weighted by atomic mass is 10.0. The standard InChI is InChI=1S/C13H14F3NO3/c1-8(12(19)20)9-2-4-10(5-3-9)17-11(18)6-7-13(14,15)16/h2-5,8H,6-7H2,1H3,(H,17,18)(H,19,20). The Morgan fingerprint density at radius 2 is 1.80 bits per heavy atom. The number of carbonyl (C=O) groups excluding carboxylic acids is 1. The third kappa shape index (κ3) is 5.29. The van der Waals surface area contributed by atoms with Crippen molar-refractivity contribution >= 4 is 17.6 Å². The van der Waals surface area contributed by atoms with E-state index in [9.17, 15) is 22.8 Å². The summed E-state index contributed by atoms with van der Waals surface area (Å²) in [5.41, 5.74) is 0.879. The van der Waals surface area contributed by atoms with Crippen molar-refractivity contribution in [3.8, 4) is 0 Å². The van der Waals surface area contributed by atoms with Crippen LogP contribution in [0.15, 0.2) is 24.3 Å². The van der Waals surface area contributed by atoms with Gasteiger partial charge in [0, 0.05) is 12.1 Å². The first kappa shape index (κ1) is 16.0. The highest BCUT2D eigenvalue weighted by atomic mass is 19.4. The van der Waals surface area contributed by atoms with E-state index < -0.39 is 36.8 Å². The number of alkyl halides is 3. The second kappa shape index (κ2) is 6.40. The second-order valence-corrected chi connectivity index (χ2v) is 4.35. The number of nitrogens with one attached hydrogen (secondary N) is 1. The smallest absolute Gasteiger partial charge is 0.389 e. The van der Waals surface area contributed by atoms with Gasteiger partial charge in [0.1, 0.15) is 0 Å². The molecule has 0 radical (unpaired) electrons. The van der Waals surface area contributed by atoms with E-state index in [1.807, 2.05) is 0 Å². The van der Waals surface area contributed by atoms with Crippen LogP contribution >= 0.6 is 0 Å². The quantitative estimate of drug-likeness (QED) is 0.875. The molecule has 1 rings (SSSR count). The maximum Gasteiger partial charge on any atom is 0.389 e. The molecule has 0 spiro atoms. The van der Waals surface area contributed by atoms with E-state index >= 15 is 0 Å². The molecule has 1 aromatic rings. The van der Waals surface area contributed by atoms with Crippen LogP contribution < -0.4 is 5.32 Å². The van der Waals surface area contributed by atoms with Crippen molar-refractivity contribution < 1.29 is 27.9 Å². The van der Waals surface area contributed by atoms with Crippen molar-refractivity contribution in [3.63, 3.8) is 0 Å². The monoisotopic (exact) mass is 289 g/mol. The van der Waals surface area contributed by atoms with Gasteiger partial charge in [0.15, 0.2) is 0 Å². The van der Waals surface area contributed by atoms with Gasteiger partial charge in [-0.2, -0.15) is 13.2 Å². The molecule has 0 aliphatic heterocycles. The highest BCUT2D eigenvalue weighted by Crippen LogP contribution is 2.22. The Labute approximate surface area is 113 Å². The molecule has 0 aromatic heterocycles. The summed E-state index contributed by atoms with van der Waals surface area (Å²) in [4.78, 5) is 22.0. The Kier molecular flexibility index (Phi) is 5.12. The molecule has 0 heterocycles. The number of hydrogen-bond acceptors (Lipinski definition) is 2. The van der Waals surface area contributed by atoms with Crippen molar-refractivity contribution in [2.75, 3.05) is 5.32 Å². The molecular weight excluding hydrogens is 275 g/mol. The minimum Gasteiger partial charge on any atom is -0.481 e. The van der Waals surface area contributed by atoms with E-state index in [0.717, 1.165) is 0 Å². The zero-order valence-electron chi connectivity index (χ0n) is 10.7. The van der Waals surface area contributed by atoms with Gasteiger partial charge >= 0.3 is 12.1 Å². The van der Waals surface area contributed by atoms with Gasteiger partial charge in [-0.3, -0.25) is 9.59 Å². The highest BCUT2D eigenvalue weighted by Gasteiger charge is 2.27. The van der Waals surface area contributed by atoms with Crippen LogP contribution in [0, 0.1) is 0 Å². The van der Waals surface area contributed by atoms with Crippen molar-refractivity contribution in [2.45, 2.75) is 31.9 Å². The van der Waals surface area contributed by atoms with Crippen molar-refractivity contribution in [3.05, 3.63) is 29.8 Å². The molecule has 0 fully saturated rings. The van der Waals surface area contributed by atoms with Crippen LogP contribution in [0.1, 0.15) is 31.2 Å². The average Bonchev–Trinajstić information content (AvgIpc) is 2.35. The molecule has 0 saturated carbocycles. The van der Waals surface area contributed by atoms with Crippen LogP contribution in [0.25, 0.3) is 0 Å². The first-order chi connectivity index (χ1) is 9.19. The van der Waals surface area contributed by atoms with E-state index in [2.05, 4.69) is 5.32 Å². The molecule has 20 heavy (non-hydrogen) atoms. The third-order valence-corrected chi connectivity index (χ3v) is 2.70. The summed E-state index contributed by atoms with van der Waals surface area (Å²) in [5.74, 6) is -2.40. The largest absolute Gasteiger partial charge is 0.481 e. The van der Waals surface area contributed by atoms with E-state index in [1.54, 1.807) is 0 Å². The fourth-order valence-corrected chi connectivity index (χ4v) is 1.48. The fraction of sp³-hybridized carbons (Fsp3) is 0.385. The summed E-state index contributed by atoms with van der Waals surface area (Å²) in [5, 5.41) is 11.1. The zero-order valence-corrected chi connectivity index (χ0v) is 10.7. The molecule has 1 aromatic carbocycles. The predicted octanol–water partition coefficient (Wildman–Crippen LogP) is 3.16. The SMILES string of the molecule is CC(C(=O)O)c1ccc(NC(=O)CCC(F)(F)F)cc1. The molecule has 2 N–H and O–H groups in total. The minimum atomic E-state index is -4.36. The third-order valence-electron chi connectivity index (χ3n) is 2.70. The number of hydrogen-bond donors (Lipinski definition) is 2. The summed E-state index contributed by atoms with van der Waals surface area (Å²) in [6, 6.07) is 5.94. The van der Waals surface area contributed by atoms with Crippen molar-refractivity contribution in [2.24, 2.45) is 0 Å². The van der Waals surface area contributed by atoms with E-state index in [1.165, 1.54) is 31.2 Å². The van der Waals surface area contributed by atoms with Crippen LogP contribution in [0.5, 0.6) is 0 Å². The lowest BCUT2D eigenvalue weighted by Gasteiger charge is -2.09. The van der Waals surface area contributed by atoms with Gasteiger partial charge in [0.2, 0.25) is 5.91 Å². The van der Waals surface area contributed by atoms with Gasteiger partial charge in [-0.05, 0) is 24.6 Å². The Hall–Kier alpha value is -2.05. The molecule has 0 aliphatic rings. The number of benzene rings is 1. The Morgan fingerprint density at radius 3 is 2.25 bits per heavy atom. The van der Waals surface area contributed by atoms with Gasteiger partial charge in [0.05, 0.1) is 12.3 Å². The molecule has 0 bridgehead atoms. The number of carboxylic acid groups (broad SMARTS) is 1. The van der Waals surface area contributed by atoms with Gasteiger partial charge < -0.3 is 10.4 Å². The lowest BCUT2D eigenvalue weighted by Crippen LogP contribution is -2.16. The maximum atomic E-state index is 11.9. The van der Waals surface area contributed by atoms with Crippen LogP contribution in [-0.2, 0) is 9.59 Å². The molecule has 1 unspecified atom stereocenters. The molecule has 1 amide bonds. The molecule has 0 saturated heterocycles. The fourth-order valence-electron chi connectivity index (χ4n) is 1.48. The number of carboxylic acids is 1. The normalized spacial score (nSPS) is 12.8. The van der Waals surface area contributed by atoms with E-state index in [4.69, 9.17) is 5.11 Å². The number of anilines is 1. The van der Waals surface area contributed by atoms with Crippen LogP contribution in [0.4, 0.5) is 18.9 Å². The number of rotatable bonds is 5. The Bertz CT molecular complexity index is 483. The number of carbonyl (C=O) groups is 2. The molecule has 4 nitrogen and oxygen atoms in total. The molecule has 1 atom stereocenters. The summed E-state index contributed by atoms with van der Waals surface area (Å²) in [7, 11) is 0. The summed E-state index contributed by atoms with van der Waals surface area (Å²) < 4.78 is 35.8. The number of amides is 1.